The third kappa shape index (κ3) is 3.90. The molecule has 0 spiro atoms. The summed E-state index contributed by atoms with van der Waals surface area (Å²) in [6.45, 7) is 0.360. The van der Waals surface area contributed by atoms with Crippen LogP contribution in [-0.2, 0) is 16.1 Å². The van der Waals surface area contributed by atoms with Crippen molar-refractivity contribution in [3.8, 4) is 11.5 Å². The van der Waals surface area contributed by atoms with Gasteiger partial charge in [-0.3, -0.25) is 9.59 Å². The highest BCUT2D eigenvalue weighted by Gasteiger charge is 2.39. The molecule has 1 atom stereocenters. The molecule has 2 aromatic rings. The predicted molar refractivity (Wildman–Crippen MR) is 106 cm³/mol. The number of fused-ring (bicyclic) bond motifs is 1. The first-order chi connectivity index (χ1) is 14.0. The van der Waals surface area contributed by atoms with Gasteiger partial charge in [-0.05, 0) is 48.7 Å². The van der Waals surface area contributed by atoms with E-state index in [9.17, 15) is 14.0 Å². The van der Waals surface area contributed by atoms with Gasteiger partial charge in [-0.2, -0.15) is 0 Å². The fourth-order valence-electron chi connectivity index (χ4n) is 3.82. The number of methoxy groups -OCH3 is 2. The van der Waals surface area contributed by atoms with Crippen LogP contribution in [0.15, 0.2) is 36.4 Å². The third-order valence-electron chi connectivity index (χ3n) is 5.45. The van der Waals surface area contributed by atoms with E-state index in [2.05, 4.69) is 5.32 Å². The van der Waals surface area contributed by atoms with Crippen molar-refractivity contribution in [3.63, 3.8) is 0 Å². The Hall–Kier alpha value is -3.09. The van der Waals surface area contributed by atoms with Crippen LogP contribution >= 0.6 is 0 Å². The molecular weight excluding hydrogens is 375 g/mol. The van der Waals surface area contributed by atoms with Gasteiger partial charge in [0.25, 0.3) is 0 Å². The number of rotatable bonds is 6. The lowest BCUT2D eigenvalue weighted by molar-refractivity contribution is -0.136. The Morgan fingerprint density at radius 3 is 2.66 bits per heavy atom. The second kappa shape index (κ2) is 7.73. The topological polar surface area (TPSA) is 67.9 Å². The van der Waals surface area contributed by atoms with Crippen molar-refractivity contribution in [2.45, 2.75) is 37.8 Å². The van der Waals surface area contributed by atoms with Crippen molar-refractivity contribution in [1.29, 1.82) is 0 Å². The zero-order valence-electron chi connectivity index (χ0n) is 16.4. The highest BCUT2D eigenvalue weighted by atomic mass is 19.1. The van der Waals surface area contributed by atoms with Gasteiger partial charge in [0.05, 0.1) is 20.1 Å². The number of hydrogen-bond donors (Lipinski definition) is 1. The fourth-order valence-corrected chi connectivity index (χ4v) is 3.82. The maximum Gasteiger partial charge on any atom is 0.231 e. The molecule has 2 amide bonds. The monoisotopic (exact) mass is 398 g/mol. The van der Waals surface area contributed by atoms with Gasteiger partial charge in [-0.1, -0.05) is 6.07 Å². The molecule has 6 nitrogen and oxygen atoms in total. The lowest BCUT2D eigenvalue weighted by atomic mass is 9.89. The number of nitrogens with one attached hydrogen (secondary N) is 1. The lowest BCUT2D eigenvalue weighted by Gasteiger charge is -2.31. The van der Waals surface area contributed by atoms with Gasteiger partial charge in [0.1, 0.15) is 17.3 Å². The molecule has 2 aliphatic rings. The van der Waals surface area contributed by atoms with E-state index >= 15 is 0 Å². The number of carbonyl (C=O) groups is 2. The van der Waals surface area contributed by atoms with E-state index in [1.165, 1.54) is 12.1 Å². The Balaban J connectivity index is 1.65. The highest BCUT2D eigenvalue weighted by Crippen LogP contribution is 2.38. The predicted octanol–water partition coefficient (Wildman–Crippen LogP) is 3.46. The van der Waals surface area contributed by atoms with Gasteiger partial charge >= 0.3 is 0 Å². The summed E-state index contributed by atoms with van der Waals surface area (Å²) in [4.78, 5) is 27.5. The average molecular weight is 398 g/mol. The average Bonchev–Trinajstić information content (AvgIpc) is 3.55. The summed E-state index contributed by atoms with van der Waals surface area (Å²) in [6, 6.07) is 9.79. The summed E-state index contributed by atoms with van der Waals surface area (Å²) in [5, 5.41) is 2.67. The minimum Gasteiger partial charge on any atom is -0.497 e. The van der Waals surface area contributed by atoms with Crippen molar-refractivity contribution in [3.05, 3.63) is 53.3 Å². The van der Waals surface area contributed by atoms with Gasteiger partial charge < -0.3 is 19.7 Å². The van der Waals surface area contributed by atoms with Gasteiger partial charge in [0.15, 0.2) is 0 Å². The van der Waals surface area contributed by atoms with E-state index in [0.29, 0.717) is 29.3 Å². The second-order valence-corrected chi connectivity index (χ2v) is 7.41. The Labute approximate surface area is 168 Å². The minimum absolute atomic E-state index is 0.0515. The Morgan fingerprint density at radius 1 is 1.17 bits per heavy atom. The molecule has 1 N–H and O–H groups in total. The zero-order chi connectivity index (χ0) is 20.5. The molecule has 2 aromatic carbocycles. The molecule has 0 saturated heterocycles. The summed E-state index contributed by atoms with van der Waals surface area (Å²) >= 11 is 0. The number of halogens is 1. The SMILES string of the molecule is COc1ccc(OC)c(CN(C(=O)[C@H]2CC(=O)Nc3cc(F)ccc32)C2CC2)c1. The maximum atomic E-state index is 13.6. The molecule has 1 saturated carbocycles. The Morgan fingerprint density at radius 2 is 1.97 bits per heavy atom. The number of ether oxygens (including phenoxy) is 2. The fraction of sp³-hybridized carbons (Fsp3) is 0.364. The molecule has 1 aliphatic heterocycles. The lowest BCUT2D eigenvalue weighted by Crippen LogP contribution is -2.39. The van der Waals surface area contributed by atoms with Crippen molar-refractivity contribution < 1.29 is 23.5 Å². The van der Waals surface area contributed by atoms with E-state index in [4.69, 9.17) is 9.47 Å². The van der Waals surface area contributed by atoms with Crippen LogP contribution in [0.3, 0.4) is 0 Å². The number of anilines is 1. The molecule has 4 rings (SSSR count). The normalized spacial score (nSPS) is 17.9. The maximum absolute atomic E-state index is 13.6. The second-order valence-electron chi connectivity index (χ2n) is 7.41. The Kier molecular flexibility index (Phi) is 5.13. The number of nitrogens with zero attached hydrogens (tertiary/aromatic N) is 1. The van der Waals surface area contributed by atoms with Crippen LogP contribution in [0.2, 0.25) is 0 Å². The van der Waals surface area contributed by atoms with Gasteiger partial charge in [-0.25, -0.2) is 4.39 Å². The van der Waals surface area contributed by atoms with Gasteiger partial charge in [-0.15, -0.1) is 0 Å². The summed E-state index contributed by atoms with van der Waals surface area (Å²) < 4.78 is 24.4. The quantitative estimate of drug-likeness (QED) is 0.809. The first kappa shape index (κ1) is 19.2. The van der Waals surface area contributed by atoms with Crippen LogP contribution in [0.5, 0.6) is 11.5 Å². The molecule has 7 heteroatoms. The van der Waals surface area contributed by atoms with Crippen LogP contribution in [0.25, 0.3) is 0 Å². The zero-order valence-corrected chi connectivity index (χ0v) is 16.4. The third-order valence-corrected chi connectivity index (χ3v) is 5.45. The molecule has 152 valence electrons. The molecule has 29 heavy (non-hydrogen) atoms. The van der Waals surface area contributed by atoms with Gasteiger partial charge in [0, 0.05) is 30.3 Å². The van der Waals surface area contributed by atoms with E-state index in [1.54, 1.807) is 20.3 Å². The Bertz CT molecular complexity index is 958. The van der Waals surface area contributed by atoms with E-state index < -0.39 is 11.7 Å². The summed E-state index contributed by atoms with van der Waals surface area (Å²) in [7, 11) is 3.18. The molecule has 1 heterocycles. The molecule has 0 aromatic heterocycles. The first-order valence-electron chi connectivity index (χ1n) is 9.61. The van der Waals surface area contributed by atoms with Crippen LogP contribution in [0.4, 0.5) is 10.1 Å². The van der Waals surface area contributed by atoms with Gasteiger partial charge in [0.2, 0.25) is 11.8 Å². The van der Waals surface area contributed by atoms with Crippen LogP contribution in [0, 0.1) is 5.82 Å². The first-order valence-corrected chi connectivity index (χ1v) is 9.61. The van der Waals surface area contributed by atoms with E-state index in [-0.39, 0.29) is 24.3 Å². The van der Waals surface area contributed by atoms with Crippen LogP contribution in [0.1, 0.15) is 36.3 Å². The van der Waals surface area contributed by atoms with Crippen molar-refractivity contribution >= 4 is 17.5 Å². The van der Waals surface area contributed by atoms with Crippen molar-refractivity contribution in [2.24, 2.45) is 0 Å². The molecule has 0 bridgehead atoms. The van der Waals surface area contributed by atoms with Crippen LogP contribution < -0.4 is 14.8 Å². The number of hydrogen-bond acceptors (Lipinski definition) is 4. The standard InChI is InChI=1S/C22H23FN2O4/c1-28-16-6-8-20(29-2)13(9-16)12-25(15-4-5-15)22(27)18-11-21(26)24-19-10-14(23)3-7-17(18)19/h3,6-10,15,18H,4-5,11-12H2,1-2H3,(H,24,26)/t18-/m0/s1. The van der Waals surface area contributed by atoms with E-state index in [1.807, 2.05) is 23.1 Å². The largest absolute Gasteiger partial charge is 0.497 e. The summed E-state index contributed by atoms with van der Waals surface area (Å²) in [6.07, 6.45) is 1.90. The molecule has 1 fully saturated rings. The molecule has 0 radical (unpaired) electrons. The summed E-state index contributed by atoms with van der Waals surface area (Å²) in [5.74, 6) is -0.125. The van der Waals surface area contributed by atoms with E-state index in [0.717, 1.165) is 18.4 Å². The summed E-state index contributed by atoms with van der Waals surface area (Å²) in [5.41, 5.74) is 1.86. The number of amides is 2. The number of benzene rings is 2. The van der Waals surface area contributed by atoms with Crippen molar-refractivity contribution in [1.82, 2.24) is 4.90 Å². The molecule has 0 unspecified atom stereocenters. The number of carbonyl (C=O) groups excluding carboxylic acids is 2. The highest BCUT2D eigenvalue weighted by molar-refractivity contribution is 6.01. The van der Waals surface area contributed by atoms with Crippen molar-refractivity contribution in [2.75, 3.05) is 19.5 Å². The molecular formula is C22H23FN2O4. The smallest absolute Gasteiger partial charge is 0.231 e. The molecule has 1 aliphatic carbocycles. The minimum atomic E-state index is -0.628. The van der Waals surface area contributed by atoms with Crippen LogP contribution in [-0.4, -0.2) is 37.0 Å².